The van der Waals surface area contributed by atoms with Crippen LogP contribution in [0.4, 0.5) is 5.82 Å². The summed E-state index contributed by atoms with van der Waals surface area (Å²) in [7, 11) is 8.34. The molecule has 0 radical (unpaired) electrons. The van der Waals surface area contributed by atoms with Gasteiger partial charge in [0.2, 0.25) is 5.88 Å². The summed E-state index contributed by atoms with van der Waals surface area (Å²) in [5, 5.41) is 4.50. The second-order valence-corrected chi connectivity index (χ2v) is 6.16. The fourth-order valence-corrected chi connectivity index (χ4v) is 2.72. The van der Waals surface area contributed by atoms with Crippen LogP contribution in [0, 0.1) is 0 Å². The Bertz CT molecular complexity index is 980. The van der Waals surface area contributed by atoms with E-state index in [9.17, 15) is 4.79 Å². The van der Waals surface area contributed by atoms with Crippen molar-refractivity contribution in [2.75, 3.05) is 40.3 Å². The van der Waals surface area contributed by atoms with Crippen LogP contribution >= 0.6 is 0 Å². The van der Waals surface area contributed by atoms with Crippen LogP contribution in [-0.2, 0) is 0 Å². The summed E-state index contributed by atoms with van der Waals surface area (Å²) in [4.78, 5) is 19.2. The highest BCUT2D eigenvalue weighted by molar-refractivity contribution is 5.98. The third-order valence-corrected chi connectivity index (χ3v) is 4.21. The van der Waals surface area contributed by atoms with Crippen LogP contribution in [0.1, 0.15) is 10.4 Å². The normalized spacial score (nSPS) is 10.5. The summed E-state index contributed by atoms with van der Waals surface area (Å²) in [6.45, 7) is 0. The minimum absolute atomic E-state index is 0.280. The second-order valence-electron chi connectivity index (χ2n) is 6.16. The molecule has 3 aromatic rings. The summed E-state index contributed by atoms with van der Waals surface area (Å²) >= 11 is 0. The van der Waals surface area contributed by atoms with Crippen molar-refractivity contribution >= 4 is 11.7 Å². The molecular weight excluding hydrogens is 360 g/mol. The molecular formula is C20H22N4O4. The third-order valence-electron chi connectivity index (χ3n) is 4.21. The summed E-state index contributed by atoms with van der Waals surface area (Å²) in [6, 6.07) is 10.4. The molecule has 0 spiro atoms. The molecule has 0 aliphatic heterocycles. The van der Waals surface area contributed by atoms with E-state index in [4.69, 9.17) is 14.2 Å². The fourth-order valence-electron chi connectivity index (χ4n) is 2.72. The largest absolute Gasteiger partial charge is 0.493 e. The number of nitrogens with zero attached hydrogens (tertiary/aromatic N) is 4. The van der Waals surface area contributed by atoms with Gasteiger partial charge in [-0.15, -0.1) is 0 Å². The smallest absolute Gasteiger partial charge is 0.280 e. The van der Waals surface area contributed by atoms with Crippen LogP contribution in [-0.4, -0.2) is 56.1 Å². The molecule has 0 atom stereocenters. The number of pyridine rings is 1. The number of aromatic nitrogens is 3. The second kappa shape index (κ2) is 7.99. The highest BCUT2D eigenvalue weighted by Crippen LogP contribution is 2.29. The van der Waals surface area contributed by atoms with Gasteiger partial charge in [0.25, 0.3) is 5.91 Å². The zero-order valence-electron chi connectivity index (χ0n) is 16.5. The van der Waals surface area contributed by atoms with Crippen LogP contribution in [0.2, 0.25) is 0 Å². The Morgan fingerprint density at radius 2 is 1.71 bits per heavy atom. The summed E-state index contributed by atoms with van der Waals surface area (Å²) in [5.74, 6) is 1.91. The first kappa shape index (κ1) is 19.2. The maximum absolute atomic E-state index is 13.1. The molecule has 146 valence electrons. The molecule has 0 amide bonds. The Hall–Kier alpha value is -3.55. The van der Waals surface area contributed by atoms with Gasteiger partial charge in [-0.05, 0) is 24.3 Å². The van der Waals surface area contributed by atoms with Crippen LogP contribution in [0.5, 0.6) is 17.4 Å². The molecule has 1 aromatic carbocycles. The maximum atomic E-state index is 13.1. The minimum atomic E-state index is -0.280. The zero-order chi connectivity index (χ0) is 20.3. The number of methoxy groups -OCH3 is 3. The molecule has 0 saturated carbocycles. The van der Waals surface area contributed by atoms with E-state index < -0.39 is 0 Å². The third kappa shape index (κ3) is 3.62. The van der Waals surface area contributed by atoms with Gasteiger partial charge in [0.1, 0.15) is 5.82 Å². The van der Waals surface area contributed by atoms with Crippen LogP contribution in [0.25, 0.3) is 11.3 Å². The average Bonchev–Trinajstić information content (AvgIpc) is 3.18. The molecule has 8 nitrogen and oxygen atoms in total. The lowest BCUT2D eigenvalue weighted by atomic mass is 10.2. The van der Waals surface area contributed by atoms with E-state index in [1.54, 1.807) is 44.7 Å². The minimum Gasteiger partial charge on any atom is -0.493 e. The average molecular weight is 382 g/mol. The fraction of sp³-hybridized carbons (Fsp3) is 0.250. The van der Waals surface area contributed by atoms with Gasteiger partial charge in [-0.2, -0.15) is 9.78 Å². The molecule has 0 N–H and O–H groups in total. The van der Waals surface area contributed by atoms with Crippen molar-refractivity contribution in [3.05, 3.63) is 48.2 Å². The molecule has 0 aliphatic rings. The first-order valence-corrected chi connectivity index (χ1v) is 8.53. The summed E-state index contributed by atoms with van der Waals surface area (Å²) < 4.78 is 17.0. The zero-order valence-corrected chi connectivity index (χ0v) is 16.5. The van der Waals surface area contributed by atoms with Crippen molar-refractivity contribution in [3.63, 3.8) is 0 Å². The number of benzene rings is 1. The van der Waals surface area contributed by atoms with Crippen molar-refractivity contribution in [2.45, 2.75) is 0 Å². The van der Waals surface area contributed by atoms with Crippen molar-refractivity contribution in [3.8, 4) is 28.6 Å². The topological polar surface area (TPSA) is 78.7 Å². The molecule has 0 unspecified atom stereocenters. The molecule has 0 bridgehead atoms. The van der Waals surface area contributed by atoms with Gasteiger partial charge in [-0.25, -0.2) is 4.98 Å². The van der Waals surface area contributed by atoms with Crippen molar-refractivity contribution < 1.29 is 19.0 Å². The number of hydrogen-bond donors (Lipinski definition) is 0. The lowest BCUT2D eigenvalue weighted by Gasteiger charge is -2.14. The predicted molar refractivity (Wildman–Crippen MR) is 106 cm³/mol. The summed E-state index contributed by atoms with van der Waals surface area (Å²) in [6.07, 6.45) is 1.66. The van der Waals surface area contributed by atoms with Gasteiger partial charge in [0.15, 0.2) is 11.5 Å². The maximum Gasteiger partial charge on any atom is 0.280 e. The van der Waals surface area contributed by atoms with E-state index >= 15 is 0 Å². The van der Waals surface area contributed by atoms with E-state index in [0.717, 1.165) is 5.56 Å². The van der Waals surface area contributed by atoms with Gasteiger partial charge >= 0.3 is 0 Å². The molecule has 2 aromatic heterocycles. The molecule has 28 heavy (non-hydrogen) atoms. The molecule has 8 heteroatoms. The lowest BCUT2D eigenvalue weighted by Crippen LogP contribution is -2.21. The standard InChI is InChI=1S/C20H22N4O4/c1-23(2)19-11-15(14-7-9-18(28-5)21-12-14)22-24(19)20(25)13-6-8-16(26-3)17(10-13)27-4/h6-12H,1-5H3. The van der Waals surface area contributed by atoms with E-state index in [0.29, 0.717) is 34.5 Å². The molecule has 3 rings (SSSR count). The first-order chi connectivity index (χ1) is 13.5. The van der Waals surface area contributed by atoms with Crippen LogP contribution < -0.4 is 19.1 Å². The predicted octanol–water partition coefficient (Wildman–Crippen LogP) is 2.73. The molecule has 0 aliphatic carbocycles. The van der Waals surface area contributed by atoms with E-state index in [1.165, 1.54) is 11.8 Å². The van der Waals surface area contributed by atoms with Crippen molar-refractivity contribution in [1.82, 2.24) is 14.8 Å². The quantitative estimate of drug-likeness (QED) is 0.648. The Labute approximate surface area is 163 Å². The van der Waals surface area contributed by atoms with Gasteiger partial charge in [0.05, 0.1) is 27.0 Å². The Kier molecular flexibility index (Phi) is 5.49. The lowest BCUT2D eigenvalue weighted by molar-refractivity contribution is 0.0946. The SMILES string of the molecule is COc1ccc(-c2cc(N(C)C)n(C(=O)c3ccc(OC)c(OC)c3)n2)cn1. The van der Waals surface area contributed by atoms with Gasteiger partial charge in [-0.3, -0.25) is 4.79 Å². The van der Waals surface area contributed by atoms with E-state index in [1.807, 2.05) is 31.1 Å². The van der Waals surface area contributed by atoms with Crippen LogP contribution in [0.3, 0.4) is 0 Å². The van der Waals surface area contributed by atoms with Crippen molar-refractivity contribution in [1.29, 1.82) is 0 Å². The first-order valence-electron chi connectivity index (χ1n) is 8.53. The number of hydrogen-bond acceptors (Lipinski definition) is 7. The Balaban J connectivity index is 2.02. The molecule has 0 saturated heterocycles. The Morgan fingerprint density at radius 3 is 2.29 bits per heavy atom. The highest BCUT2D eigenvalue weighted by Gasteiger charge is 2.20. The molecule has 2 heterocycles. The van der Waals surface area contributed by atoms with E-state index in [2.05, 4.69) is 10.1 Å². The number of ether oxygens (including phenoxy) is 3. The highest BCUT2D eigenvalue weighted by atomic mass is 16.5. The van der Waals surface area contributed by atoms with Crippen molar-refractivity contribution in [2.24, 2.45) is 0 Å². The number of anilines is 1. The molecule has 0 fully saturated rings. The van der Waals surface area contributed by atoms with E-state index in [-0.39, 0.29) is 5.91 Å². The number of carbonyl (C=O) groups excluding carboxylic acids is 1. The Morgan fingerprint density at radius 1 is 0.964 bits per heavy atom. The van der Waals surface area contributed by atoms with Crippen LogP contribution in [0.15, 0.2) is 42.6 Å². The number of carbonyl (C=O) groups is 1. The van der Waals surface area contributed by atoms with Gasteiger partial charge < -0.3 is 19.1 Å². The monoisotopic (exact) mass is 382 g/mol. The van der Waals surface area contributed by atoms with Gasteiger partial charge in [0, 0.05) is 43.6 Å². The number of rotatable bonds is 6. The van der Waals surface area contributed by atoms with Gasteiger partial charge in [-0.1, -0.05) is 0 Å². The summed E-state index contributed by atoms with van der Waals surface area (Å²) in [5.41, 5.74) is 1.85.